The Hall–Kier alpha value is -3.45. The highest BCUT2D eigenvalue weighted by atomic mass is 19.4. The Morgan fingerprint density at radius 1 is 1.23 bits per heavy atom. The minimum Gasteiger partial charge on any atom is -0.497 e. The number of alkyl halides is 3. The number of nitrogens with zero attached hydrogens (tertiary/aromatic N) is 3. The summed E-state index contributed by atoms with van der Waals surface area (Å²) in [4.78, 5) is 16.6. The summed E-state index contributed by atoms with van der Waals surface area (Å²) >= 11 is 0. The van der Waals surface area contributed by atoms with Crippen LogP contribution in [-0.4, -0.2) is 57.9 Å². The highest BCUT2D eigenvalue weighted by Crippen LogP contribution is 2.45. The van der Waals surface area contributed by atoms with Crippen LogP contribution in [0.3, 0.4) is 0 Å². The number of nitrogens with one attached hydrogen (secondary N) is 1. The molecule has 2 fully saturated rings. The van der Waals surface area contributed by atoms with Crippen molar-refractivity contribution in [3.8, 4) is 11.8 Å². The molecule has 2 aromatic rings. The summed E-state index contributed by atoms with van der Waals surface area (Å²) < 4.78 is 51.3. The SMILES string of the molecule is COC[C@@]12CCN(C(=O)Nc3cccc(OC)c3)C[C@@H]1CN(c1ccc(C#N)c(C(F)(F)F)c1)C2. The average Bonchev–Trinajstić information content (AvgIpc) is 3.22. The van der Waals surface area contributed by atoms with Crippen molar-refractivity contribution < 1.29 is 27.4 Å². The van der Waals surface area contributed by atoms with Gasteiger partial charge in [0.1, 0.15) is 5.75 Å². The Balaban J connectivity index is 1.53. The van der Waals surface area contributed by atoms with Gasteiger partial charge >= 0.3 is 12.2 Å². The van der Waals surface area contributed by atoms with Crippen molar-refractivity contribution in [2.75, 3.05) is 57.2 Å². The Bertz CT molecular complexity index is 1130. The van der Waals surface area contributed by atoms with Crippen molar-refractivity contribution in [1.29, 1.82) is 5.26 Å². The van der Waals surface area contributed by atoms with Crippen LogP contribution in [0.25, 0.3) is 0 Å². The average molecular weight is 489 g/mol. The van der Waals surface area contributed by atoms with Crippen LogP contribution in [0, 0.1) is 22.7 Å². The van der Waals surface area contributed by atoms with Crippen LogP contribution in [-0.2, 0) is 10.9 Å². The summed E-state index contributed by atoms with van der Waals surface area (Å²) in [5.41, 5.74) is -0.590. The summed E-state index contributed by atoms with van der Waals surface area (Å²) in [7, 11) is 3.16. The third kappa shape index (κ3) is 5.00. The molecule has 2 aliphatic rings. The molecular formula is C25H27F3N4O3. The van der Waals surface area contributed by atoms with Gasteiger partial charge in [0.15, 0.2) is 0 Å². The first-order valence-corrected chi connectivity index (χ1v) is 11.2. The molecular weight excluding hydrogens is 461 g/mol. The number of likely N-dealkylation sites (tertiary alicyclic amines) is 1. The summed E-state index contributed by atoms with van der Waals surface area (Å²) in [6.07, 6.45) is -3.96. The molecule has 0 unspecified atom stereocenters. The molecule has 4 rings (SSSR count). The summed E-state index contributed by atoms with van der Waals surface area (Å²) in [6, 6.07) is 12.3. The smallest absolute Gasteiger partial charge is 0.417 e. The molecule has 2 atom stereocenters. The van der Waals surface area contributed by atoms with Crippen molar-refractivity contribution in [1.82, 2.24) is 4.90 Å². The molecule has 2 heterocycles. The van der Waals surface area contributed by atoms with Crippen LogP contribution in [0.2, 0.25) is 0 Å². The van der Waals surface area contributed by atoms with Crippen LogP contribution in [0.4, 0.5) is 29.3 Å². The molecule has 1 N–H and O–H groups in total. The van der Waals surface area contributed by atoms with E-state index < -0.39 is 17.3 Å². The molecule has 2 saturated heterocycles. The Labute approximate surface area is 202 Å². The molecule has 186 valence electrons. The van der Waals surface area contributed by atoms with Gasteiger partial charge in [0.05, 0.1) is 30.9 Å². The molecule has 2 amide bonds. The third-order valence-corrected chi connectivity index (χ3v) is 6.97. The minimum atomic E-state index is -4.62. The maximum atomic E-state index is 13.5. The van der Waals surface area contributed by atoms with Crippen molar-refractivity contribution >= 4 is 17.4 Å². The third-order valence-electron chi connectivity index (χ3n) is 6.97. The lowest BCUT2D eigenvalue weighted by molar-refractivity contribution is -0.137. The van der Waals surface area contributed by atoms with E-state index in [4.69, 9.17) is 14.7 Å². The molecule has 10 heteroatoms. The van der Waals surface area contributed by atoms with E-state index in [9.17, 15) is 18.0 Å². The van der Waals surface area contributed by atoms with Crippen LogP contribution >= 0.6 is 0 Å². The van der Waals surface area contributed by atoms with Gasteiger partial charge in [-0.2, -0.15) is 18.4 Å². The van der Waals surface area contributed by atoms with Crippen LogP contribution < -0.4 is 15.0 Å². The van der Waals surface area contributed by atoms with Crippen LogP contribution in [0.15, 0.2) is 42.5 Å². The molecule has 7 nitrogen and oxygen atoms in total. The van der Waals surface area contributed by atoms with Crippen LogP contribution in [0.1, 0.15) is 17.5 Å². The number of halogens is 3. The first-order valence-electron chi connectivity index (χ1n) is 11.2. The number of carbonyl (C=O) groups excluding carboxylic acids is 1. The fourth-order valence-electron chi connectivity index (χ4n) is 5.15. The molecule has 35 heavy (non-hydrogen) atoms. The van der Waals surface area contributed by atoms with Crippen molar-refractivity contribution in [3.05, 3.63) is 53.6 Å². The van der Waals surface area contributed by atoms with E-state index in [-0.39, 0.29) is 17.4 Å². The van der Waals surface area contributed by atoms with E-state index in [0.717, 1.165) is 6.07 Å². The molecule has 0 saturated carbocycles. The first-order chi connectivity index (χ1) is 16.7. The topological polar surface area (TPSA) is 77.8 Å². The second kappa shape index (κ2) is 9.66. The lowest BCUT2D eigenvalue weighted by Crippen LogP contribution is -2.51. The number of ether oxygens (including phenoxy) is 2. The largest absolute Gasteiger partial charge is 0.497 e. The standard InChI is InChI=1S/C25H27F3N4O3/c1-34-16-24-8-9-31(23(33)30-19-4-3-5-21(10-19)35-2)13-18(24)14-32(15-24)20-7-6-17(12-29)22(11-20)25(26,27)28/h3-7,10-11,18H,8-9,13-16H2,1-2H3,(H,30,33)/t18-,24+/m1/s1. The van der Waals surface area contributed by atoms with Gasteiger partial charge < -0.3 is 24.6 Å². The number of benzene rings is 2. The van der Waals surface area contributed by atoms with E-state index in [2.05, 4.69) is 5.32 Å². The van der Waals surface area contributed by atoms with Gasteiger partial charge in [0.2, 0.25) is 0 Å². The molecule has 0 aromatic heterocycles. The van der Waals surface area contributed by atoms with Gasteiger partial charge in [0, 0.05) is 62.1 Å². The first kappa shape index (κ1) is 24.7. The zero-order valence-corrected chi connectivity index (χ0v) is 19.6. The number of methoxy groups -OCH3 is 2. The van der Waals surface area contributed by atoms with Gasteiger partial charge in [-0.1, -0.05) is 6.07 Å². The van der Waals surface area contributed by atoms with E-state index in [1.165, 1.54) is 6.07 Å². The Morgan fingerprint density at radius 3 is 2.71 bits per heavy atom. The predicted molar refractivity (Wildman–Crippen MR) is 124 cm³/mol. The number of rotatable bonds is 5. The normalized spacial score (nSPS) is 21.9. The predicted octanol–water partition coefficient (Wildman–Crippen LogP) is 4.59. The number of hydrogen-bond acceptors (Lipinski definition) is 5. The number of anilines is 2. The van der Waals surface area contributed by atoms with E-state index in [1.807, 2.05) is 4.90 Å². The molecule has 0 aliphatic carbocycles. The molecule has 2 aliphatic heterocycles. The van der Waals surface area contributed by atoms with E-state index in [1.54, 1.807) is 55.5 Å². The number of carbonyl (C=O) groups is 1. The van der Waals surface area contributed by atoms with Gasteiger partial charge in [-0.3, -0.25) is 0 Å². The zero-order valence-electron chi connectivity index (χ0n) is 19.6. The maximum absolute atomic E-state index is 13.5. The second-order valence-electron chi connectivity index (χ2n) is 9.07. The van der Waals surface area contributed by atoms with Gasteiger partial charge in [-0.05, 0) is 36.8 Å². The summed E-state index contributed by atoms with van der Waals surface area (Å²) in [5.74, 6) is 0.643. The molecule has 0 bridgehead atoms. The monoisotopic (exact) mass is 488 g/mol. The lowest BCUT2D eigenvalue weighted by atomic mass is 9.73. The lowest BCUT2D eigenvalue weighted by Gasteiger charge is -2.42. The number of hydrogen-bond donors (Lipinski definition) is 1. The summed E-state index contributed by atoms with van der Waals surface area (Å²) in [5, 5.41) is 12.0. The van der Waals surface area contributed by atoms with E-state index in [0.29, 0.717) is 56.3 Å². The number of nitriles is 1. The Kier molecular flexibility index (Phi) is 6.81. The van der Waals surface area contributed by atoms with Gasteiger partial charge in [0.25, 0.3) is 0 Å². The van der Waals surface area contributed by atoms with Gasteiger partial charge in [-0.25, -0.2) is 4.79 Å². The molecule has 0 radical (unpaired) electrons. The fraction of sp³-hybridized carbons (Fsp3) is 0.440. The number of fused-ring (bicyclic) bond motifs is 1. The van der Waals surface area contributed by atoms with Crippen molar-refractivity contribution in [2.24, 2.45) is 11.3 Å². The zero-order chi connectivity index (χ0) is 25.2. The highest BCUT2D eigenvalue weighted by molar-refractivity contribution is 5.89. The van der Waals surface area contributed by atoms with Crippen LogP contribution in [0.5, 0.6) is 5.75 Å². The van der Waals surface area contributed by atoms with Gasteiger partial charge in [-0.15, -0.1) is 0 Å². The van der Waals surface area contributed by atoms with E-state index >= 15 is 0 Å². The fourth-order valence-corrected chi connectivity index (χ4v) is 5.15. The second-order valence-corrected chi connectivity index (χ2v) is 9.07. The maximum Gasteiger partial charge on any atom is 0.417 e. The highest BCUT2D eigenvalue weighted by Gasteiger charge is 2.50. The Morgan fingerprint density at radius 2 is 2.03 bits per heavy atom. The quantitative estimate of drug-likeness (QED) is 0.666. The van der Waals surface area contributed by atoms with Crippen molar-refractivity contribution in [2.45, 2.75) is 12.6 Å². The number of amides is 2. The van der Waals surface area contributed by atoms with Crippen molar-refractivity contribution in [3.63, 3.8) is 0 Å². The number of piperidine rings is 1. The summed E-state index contributed by atoms with van der Waals surface area (Å²) in [6.45, 7) is 2.40. The molecule has 0 spiro atoms. The minimum absolute atomic E-state index is 0.0113. The molecule has 2 aromatic carbocycles. The number of urea groups is 1.